The molecule has 116 valence electrons. The molecule has 0 saturated heterocycles. The first-order valence-corrected chi connectivity index (χ1v) is 7.73. The molecule has 0 bridgehead atoms. The van der Waals surface area contributed by atoms with E-state index >= 15 is 0 Å². The van der Waals surface area contributed by atoms with Gasteiger partial charge in [0.1, 0.15) is 0 Å². The predicted octanol–water partition coefficient (Wildman–Crippen LogP) is 4.11. The molecule has 0 aliphatic carbocycles. The molecule has 4 nitrogen and oxygen atoms in total. The summed E-state index contributed by atoms with van der Waals surface area (Å²) in [6, 6.07) is 4.48. The van der Waals surface area contributed by atoms with Crippen LogP contribution in [0.2, 0.25) is 5.02 Å². The van der Waals surface area contributed by atoms with Crippen molar-refractivity contribution < 1.29 is 14.7 Å². The molecule has 1 rings (SSSR count). The first kappa shape index (κ1) is 18.0. The Morgan fingerprint density at radius 2 is 2.00 bits per heavy atom. The van der Waals surface area contributed by atoms with E-state index in [0.29, 0.717) is 21.5 Å². The monoisotopic (exact) mass is 375 g/mol. The summed E-state index contributed by atoms with van der Waals surface area (Å²) in [6.45, 7) is 6.01. The van der Waals surface area contributed by atoms with Gasteiger partial charge in [0.05, 0.1) is 12.0 Å². The van der Waals surface area contributed by atoms with Crippen LogP contribution in [-0.2, 0) is 4.79 Å². The van der Waals surface area contributed by atoms with Crippen LogP contribution in [-0.4, -0.2) is 23.0 Å². The van der Waals surface area contributed by atoms with Gasteiger partial charge in [-0.3, -0.25) is 9.59 Å². The van der Waals surface area contributed by atoms with Gasteiger partial charge in [0, 0.05) is 15.5 Å². The summed E-state index contributed by atoms with van der Waals surface area (Å²) in [5.74, 6) is -1.27. The van der Waals surface area contributed by atoms with Crippen molar-refractivity contribution in [2.75, 3.05) is 0 Å². The van der Waals surface area contributed by atoms with Gasteiger partial charge in [-0.1, -0.05) is 32.4 Å². The third-order valence-electron chi connectivity index (χ3n) is 2.79. The lowest BCUT2D eigenvalue weighted by atomic mass is 9.87. The minimum atomic E-state index is -0.935. The number of hydrogen-bond acceptors (Lipinski definition) is 2. The number of nitrogens with one attached hydrogen (secondary N) is 1. The average Bonchev–Trinajstić information content (AvgIpc) is 2.28. The lowest BCUT2D eigenvalue weighted by molar-refractivity contribution is -0.137. The molecule has 6 heteroatoms. The Labute approximate surface area is 138 Å². The van der Waals surface area contributed by atoms with E-state index in [1.807, 2.05) is 20.8 Å². The highest BCUT2D eigenvalue weighted by molar-refractivity contribution is 9.10. The molecule has 0 heterocycles. The van der Waals surface area contributed by atoms with E-state index in [4.69, 9.17) is 16.7 Å². The first-order valence-electron chi connectivity index (χ1n) is 6.56. The molecule has 0 aromatic heterocycles. The molecule has 1 unspecified atom stereocenters. The highest BCUT2D eigenvalue weighted by Crippen LogP contribution is 2.24. The fraction of sp³-hybridized carbons (Fsp3) is 0.467. The number of carbonyl (C=O) groups excluding carboxylic acids is 1. The van der Waals surface area contributed by atoms with Crippen molar-refractivity contribution in [1.29, 1.82) is 0 Å². The largest absolute Gasteiger partial charge is 0.481 e. The van der Waals surface area contributed by atoms with Gasteiger partial charge in [-0.25, -0.2) is 0 Å². The lowest BCUT2D eigenvalue weighted by Crippen LogP contribution is -2.39. The molecule has 0 aliphatic heterocycles. The maximum Gasteiger partial charge on any atom is 0.305 e. The molecule has 0 aliphatic rings. The molecule has 1 atom stereocenters. The number of hydrogen-bond donors (Lipinski definition) is 2. The van der Waals surface area contributed by atoms with Crippen molar-refractivity contribution in [3.05, 3.63) is 33.3 Å². The Morgan fingerprint density at radius 3 is 2.52 bits per heavy atom. The SMILES string of the molecule is CC(C)(C)CC(CC(=O)O)NC(=O)c1cc(Cl)ccc1Br. The number of carbonyl (C=O) groups is 2. The van der Waals surface area contributed by atoms with E-state index in [2.05, 4.69) is 21.2 Å². The minimum absolute atomic E-state index is 0.0844. The fourth-order valence-electron chi connectivity index (χ4n) is 2.06. The summed E-state index contributed by atoms with van der Waals surface area (Å²) >= 11 is 9.19. The summed E-state index contributed by atoms with van der Waals surface area (Å²) in [6.07, 6.45) is 0.463. The van der Waals surface area contributed by atoms with E-state index in [9.17, 15) is 9.59 Å². The molecule has 1 amide bonds. The van der Waals surface area contributed by atoms with Gasteiger partial charge in [-0.05, 0) is 46.0 Å². The van der Waals surface area contributed by atoms with Gasteiger partial charge >= 0.3 is 5.97 Å². The Bertz CT molecular complexity index is 540. The van der Waals surface area contributed by atoms with Crippen LogP contribution in [0.1, 0.15) is 44.0 Å². The summed E-state index contributed by atoms with van der Waals surface area (Å²) in [5.41, 5.74) is 0.311. The Balaban J connectivity index is 2.89. The maximum atomic E-state index is 12.3. The summed E-state index contributed by atoms with van der Waals surface area (Å²) < 4.78 is 0.620. The van der Waals surface area contributed by atoms with Crippen LogP contribution in [0.25, 0.3) is 0 Å². The highest BCUT2D eigenvalue weighted by atomic mass is 79.9. The highest BCUT2D eigenvalue weighted by Gasteiger charge is 2.24. The molecule has 0 fully saturated rings. The summed E-state index contributed by atoms with van der Waals surface area (Å²) in [4.78, 5) is 23.3. The predicted molar refractivity (Wildman–Crippen MR) is 86.7 cm³/mol. The number of aliphatic carboxylic acids is 1. The average molecular weight is 377 g/mol. The molecule has 0 saturated carbocycles. The van der Waals surface area contributed by atoms with Gasteiger partial charge in [0.15, 0.2) is 0 Å². The smallest absolute Gasteiger partial charge is 0.305 e. The van der Waals surface area contributed by atoms with Gasteiger partial charge in [0.2, 0.25) is 0 Å². The second kappa shape index (κ2) is 7.27. The minimum Gasteiger partial charge on any atom is -0.481 e. The molecule has 21 heavy (non-hydrogen) atoms. The number of carboxylic acid groups (broad SMARTS) is 1. The number of halogens is 2. The van der Waals surface area contributed by atoms with Crippen LogP contribution >= 0.6 is 27.5 Å². The second-order valence-electron chi connectivity index (χ2n) is 6.16. The van der Waals surface area contributed by atoms with Crippen LogP contribution in [0, 0.1) is 5.41 Å². The third kappa shape index (κ3) is 6.48. The van der Waals surface area contributed by atoms with Gasteiger partial charge in [-0.2, -0.15) is 0 Å². The number of rotatable bonds is 5. The van der Waals surface area contributed by atoms with Crippen LogP contribution in [0.3, 0.4) is 0 Å². The zero-order valence-electron chi connectivity index (χ0n) is 12.2. The van der Waals surface area contributed by atoms with Crippen molar-refractivity contribution in [3.8, 4) is 0 Å². The Morgan fingerprint density at radius 1 is 1.38 bits per heavy atom. The van der Waals surface area contributed by atoms with Crippen molar-refractivity contribution >= 4 is 39.4 Å². The van der Waals surface area contributed by atoms with E-state index < -0.39 is 12.0 Å². The van der Waals surface area contributed by atoms with Gasteiger partial charge in [0.25, 0.3) is 5.91 Å². The normalized spacial score (nSPS) is 12.8. The zero-order chi connectivity index (χ0) is 16.2. The molecule has 1 aromatic carbocycles. The van der Waals surface area contributed by atoms with Crippen molar-refractivity contribution in [1.82, 2.24) is 5.32 Å². The molecule has 0 radical (unpaired) electrons. The molecule has 1 aromatic rings. The van der Waals surface area contributed by atoms with E-state index in [-0.39, 0.29) is 17.7 Å². The summed E-state index contributed by atoms with van der Waals surface area (Å²) in [5, 5.41) is 12.2. The van der Waals surface area contributed by atoms with Crippen LogP contribution in [0.15, 0.2) is 22.7 Å². The first-order chi connectivity index (χ1) is 9.58. The number of benzene rings is 1. The number of amides is 1. The van der Waals surface area contributed by atoms with Gasteiger partial charge in [-0.15, -0.1) is 0 Å². The topological polar surface area (TPSA) is 66.4 Å². The maximum absolute atomic E-state index is 12.3. The van der Waals surface area contributed by atoms with E-state index in [0.717, 1.165) is 0 Å². The standard InChI is InChI=1S/C15H19BrClNO3/c1-15(2,3)8-10(7-13(19)20)18-14(21)11-6-9(17)4-5-12(11)16/h4-6,10H,7-8H2,1-3H3,(H,18,21)(H,19,20). The van der Waals surface area contributed by atoms with Crippen molar-refractivity contribution in [2.45, 2.75) is 39.7 Å². The van der Waals surface area contributed by atoms with Crippen molar-refractivity contribution in [2.24, 2.45) is 5.41 Å². The third-order valence-corrected chi connectivity index (χ3v) is 3.71. The quantitative estimate of drug-likeness (QED) is 0.812. The lowest BCUT2D eigenvalue weighted by Gasteiger charge is -2.26. The number of carboxylic acids is 1. The molecular formula is C15H19BrClNO3. The molecule has 2 N–H and O–H groups in total. The molecular weight excluding hydrogens is 358 g/mol. The molecule has 0 spiro atoms. The second-order valence-corrected chi connectivity index (χ2v) is 7.45. The summed E-state index contributed by atoms with van der Waals surface area (Å²) in [7, 11) is 0. The zero-order valence-corrected chi connectivity index (χ0v) is 14.6. The van der Waals surface area contributed by atoms with E-state index in [1.54, 1.807) is 18.2 Å². The van der Waals surface area contributed by atoms with Gasteiger partial charge < -0.3 is 10.4 Å². The van der Waals surface area contributed by atoms with Crippen molar-refractivity contribution in [3.63, 3.8) is 0 Å². The Kier molecular flexibility index (Phi) is 6.23. The Hall–Kier alpha value is -1.07. The van der Waals surface area contributed by atoms with Crippen LogP contribution in [0.4, 0.5) is 0 Å². The van der Waals surface area contributed by atoms with E-state index in [1.165, 1.54) is 0 Å². The van der Waals surface area contributed by atoms with Crippen LogP contribution < -0.4 is 5.32 Å². The van der Waals surface area contributed by atoms with Crippen LogP contribution in [0.5, 0.6) is 0 Å². The fourth-order valence-corrected chi connectivity index (χ4v) is 2.66.